The summed E-state index contributed by atoms with van der Waals surface area (Å²) in [7, 11) is 3.29. The van der Waals surface area contributed by atoms with Crippen molar-refractivity contribution >= 4 is 29.6 Å². The summed E-state index contributed by atoms with van der Waals surface area (Å²) in [5.41, 5.74) is 7.07. The summed E-state index contributed by atoms with van der Waals surface area (Å²) in [6, 6.07) is 6.94. The maximum Gasteiger partial charge on any atom is 0.325 e. The van der Waals surface area contributed by atoms with Crippen molar-refractivity contribution in [3.8, 4) is 0 Å². The van der Waals surface area contributed by atoms with E-state index in [2.05, 4.69) is 15.3 Å². The van der Waals surface area contributed by atoms with Crippen LogP contribution in [0.25, 0.3) is 0 Å². The molecule has 188 valence electrons. The third-order valence-electron chi connectivity index (χ3n) is 6.37. The molecule has 1 aromatic carbocycles. The Kier molecular flexibility index (Phi) is 7.00. The van der Waals surface area contributed by atoms with Crippen molar-refractivity contribution in [2.75, 3.05) is 17.7 Å². The average molecular weight is 494 g/mol. The van der Waals surface area contributed by atoms with Crippen LogP contribution in [0.4, 0.5) is 21.0 Å². The number of benzene rings is 1. The number of nitrogens with one attached hydrogen (secondary N) is 1. The molecule has 1 aliphatic rings. The molecule has 10 nitrogen and oxygen atoms in total. The Morgan fingerprint density at radius 3 is 2.64 bits per heavy atom. The number of β-lactam (4-membered cyclic amide) rings is 1. The van der Waals surface area contributed by atoms with E-state index >= 15 is 0 Å². The van der Waals surface area contributed by atoms with Crippen molar-refractivity contribution in [2.24, 2.45) is 13.0 Å². The van der Waals surface area contributed by atoms with Crippen molar-refractivity contribution in [1.82, 2.24) is 24.8 Å². The molecular weight excluding hydrogens is 465 g/mol. The number of rotatable bonds is 7. The second-order valence-corrected chi connectivity index (χ2v) is 8.75. The predicted octanol–water partition coefficient (Wildman–Crippen LogP) is 2.43. The smallest absolute Gasteiger partial charge is 0.325 e. The summed E-state index contributed by atoms with van der Waals surface area (Å²) in [4.78, 5) is 50.5. The van der Waals surface area contributed by atoms with Crippen LogP contribution in [0.1, 0.15) is 30.5 Å². The Morgan fingerprint density at radius 2 is 2.00 bits per heavy atom. The first-order valence-electron chi connectivity index (χ1n) is 11.6. The fourth-order valence-electron chi connectivity index (χ4n) is 4.47. The van der Waals surface area contributed by atoms with Crippen LogP contribution in [0.3, 0.4) is 0 Å². The van der Waals surface area contributed by atoms with Crippen LogP contribution in [0.2, 0.25) is 0 Å². The predicted molar refractivity (Wildman–Crippen MR) is 131 cm³/mol. The molecule has 0 saturated carbocycles. The number of hydrogen-bond donors (Lipinski definition) is 2. The SMILES string of the molecule is CC[C@@H](NC(=O)N1C(=O)C(Cc2ccnc(N)c2)[C@H]1C(=O)N(C)c1nccn1C)c1cccc(F)c1. The number of carbonyl (C=O) groups is 3. The quantitative estimate of drug-likeness (QED) is 0.487. The third-order valence-corrected chi connectivity index (χ3v) is 6.37. The van der Waals surface area contributed by atoms with E-state index in [1.807, 2.05) is 6.92 Å². The highest BCUT2D eigenvalue weighted by Crippen LogP contribution is 2.33. The molecule has 4 rings (SSSR count). The van der Waals surface area contributed by atoms with E-state index in [4.69, 9.17) is 5.73 Å². The normalized spacial score (nSPS) is 17.9. The molecular formula is C25H28FN7O3. The van der Waals surface area contributed by atoms with Crippen LogP contribution in [0.5, 0.6) is 0 Å². The molecule has 3 N–H and O–H groups in total. The van der Waals surface area contributed by atoms with E-state index in [-0.39, 0.29) is 6.42 Å². The molecule has 1 fully saturated rings. The van der Waals surface area contributed by atoms with E-state index in [1.54, 1.807) is 55.3 Å². The fraction of sp³-hybridized carbons (Fsp3) is 0.320. The number of aromatic nitrogens is 3. The van der Waals surface area contributed by atoms with Crippen LogP contribution in [0.15, 0.2) is 55.0 Å². The zero-order chi connectivity index (χ0) is 26.0. The first-order chi connectivity index (χ1) is 17.2. The van der Waals surface area contributed by atoms with Gasteiger partial charge in [-0.1, -0.05) is 19.1 Å². The first-order valence-corrected chi connectivity index (χ1v) is 11.6. The second kappa shape index (κ2) is 10.1. The molecule has 11 heteroatoms. The van der Waals surface area contributed by atoms with Gasteiger partial charge in [-0.25, -0.2) is 19.2 Å². The van der Waals surface area contributed by atoms with E-state index in [9.17, 15) is 18.8 Å². The van der Waals surface area contributed by atoms with Crippen molar-refractivity contribution in [3.05, 3.63) is 71.9 Å². The number of hydrogen-bond acceptors (Lipinski definition) is 6. The standard InChI is InChI=1S/C25H28FN7O3/c1-4-19(16-6-5-7-17(26)14-16)30-25(36)33-21(23(35)32(3)24-29-10-11-31(24)2)18(22(33)34)12-15-8-9-28-20(27)13-15/h5-11,13-14,18-19,21H,4,12H2,1-3H3,(H2,27,28)(H,30,36)/t18?,19-,21+/m1/s1. The first kappa shape index (κ1) is 24.8. The number of nitrogen functional groups attached to an aromatic ring is 1. The minimum atomic E-state index is -1.06. The lowest BCUT2D eigenvalue weighted by Crippen LogP contribution is -2.70. The van der Waals surface area contributed by atoms with Gasteiger partial charge in [0.1, 0.15) is 17.7 Å². The minimum Gasteiger partial charge on any atom is -0.384 e. The fourth-order valence-corrected chi connectivity index (χ4v) is 4.47. The molecule has 0 spiro atoms. The van der Waals surface area contributed by atoms with Crippen molar-refractivity contribution in [3.63, 3.8) is 0 Å². The maximum atomic E-state index is 13.8. The molecule has 36 heavy (non-hydrogen) atoms. The van der Waals surface area contributed by atoms with Crippen LogP contribution in [-0.4, -0.2) is 50.4 Å². The van der Waals surface area contributed by atoms with Gasteiger partial charge in [0.25, 0.3) is 5.91 Å². The van der Waals surface area contributed by atoms with Crippen LogP contribution >= 0.6 is 0 Å². The largest absolute Gasteiger partial charge is 0.384 e. The summed E-state index contributed by atoms with van der Waals surface area (Å²) in [5, 5.41) is 2.78. The lowest BCUT2D eigenvalue weighted by molar-refractivity contribution is -0.156. The number of likely N-dealkylation sites (tertiary alicyclic amines) is 1. The summed E-state index contributed by atoms with van der Waals surface area (Å²) in [6.45, 7) is 1.84. The Bertz CT molecular complexity index is 1290. The van der Waals surface area contributed by atoms with E-state index in [0.717, 1.165) is 10.5 Å². The van der Waals surface area contributed by atoms with Gasteiger partial charge in [-0.15, -0.1) is 0 Å². The van der Waals surface area contributed by atoms with E-state index in [1.165, 1.54) is 23.2 Å². The lowest BCUT2D eigenvalue weighted by atomic mass is 9.81. The molecule has 0 radical (unpaired) electrons. The third kappa shape index (κ3) is 4.77. The van der Waals surface area contributed by atoms with Crippen molar-refractivity contribution in [2.45, 2.75) is 31.8 Å². The zero-order valence-corrected chi connectivity index (χ0v) is 20.3. The number of pyridine rings is 1. The number of imidazole rings is 1. The van der Waals surface area contributed by atoms with Crippen LogP contribution < -0.4 is 16.0 Å². The number of carbonyl (C=O) groups excluding carboxylic acids is 3. The molecule has 1 unspecified atom stereocenters. The Balaban J connectivity index is 1.61. The van der Waals surface area contributed by atoms with Gasteiger partial charge in [-0.2, -0.15) is 0 Å². The number of anilines is 2. The van der Waals surface area contributed by atoms with Gasteiger partial charge < -0.3 is 15.6 Å². The summed E-state index contributed by atoms with van der Waals surface area (Å²) in [6.07, 6.45) is 5.44. The Morgan fingerprint density at radius 1 is 1.22 bits per heavy atom. The molecule has 0 aliphatic carbocycles. The van der Waals surface area contributed by atoms with Crippen LogP contribution in [-0.2, 0) is 23.1 Å². The molecule has 3 atom stereocenters. The number of likely N-dealkylation sites (N-methyl/N-ethyl adjacent to an activating group) is 1. The number of halogens is 1. The van der Waals surface area contributed by atoms with Gasteiger partial charge in [-0.05, 0) is 48.2 Å². The topological polar surface area (TPSA) is 126 Å². The summed E-state index contributed by atoms with van der Waals surface area (Å²) >= 11 is 0. The van der Waals surface area contributed by atoms with E-state index < -0.39 is 41.7 Å². The highest BCUT2D eigenvalue weighted by molar-refractivity contribution is 6.12. The summed E-state index contributed by atoms with van der Waals surface area (Å²) < 4.78 is 15.4. The van der Waals surface area contributed by atoms with Gasteiger partial charge >= 0.3 is 6.03 Å². The van der Waals surface area contributed by atoms with E-state index in [0.29, 0.717) is 23.8 Å². The molecule has 4 amide bonds. The Labute approximate surface area is 207 Å². The van der Waals surface area contributed by atoms with Gasteiger partial charge in [0.2, 0.25) is 11.9 Å². The Hall–Kier alpha value is -4.28. The van der Waals surface area contributed by atoms with Gasteiger partial charge in [0.05, 0.1) is 12.0 Å². The number of aryl methyl sites for hydroxylation is 1. The summed E-state index contributed by atoms with van der Waals surface area (Å²) in [5.74, 6) is -1.47. The highest BCUT2D eigenvalue weighted by atomic mass is 19.1. The highest BCUT2D eigenvalue weighted by Gasteiger charge is 2.55. The number of imide groups is 1. The molecule has 1 saturated heterocycles. The van der Waals surface area contributed by atoms with Crippen molar-refractivity contribution in [1.29, 1.82) is 0 Å². The minimum absolute atomic E-state index is 0.210. The van der Waals surface area contributed by atoms with Gasteiger partial charge in [0, 0.05) is 32.7 Å². The van der Waals surface area contributed by atoms with Crippen molar-refractivity contribution < 1.29 is 18.8 Å². The number of nitrogens with two attached hydrogens (primary N) is 1. The average Bonchev–Trinajstić information content (AvgIpc) is 3.28. The molecule has 2 aromatic heterocycles. The molecule has 3 heterocycles. The van der Waals surface area contributed by atoms with Gasteiger partial charge in [-0.3, -0.25) is 19.4 Å². The second-order valence-electron chi connectivity index (χ2n) is 8.75. The lowest BCUT2D eigenvalue weighted by Gasteiger charge is -2.45. The molecule has 1 aliphatic heterocycles. The van der Waals surface area contributed by atoms with Crippen LogP contribution in [0, 0.1) is 11.7 Å². The number of urea groups is 1. The molecule has 0 bridgehead atoms. The monoisotopic (exact) mass is 493 g/mol. The molecule has 3 aromatic rings. The number of nitrogens with zero attached hydrogens (tertiary/aromatic N) is 5. The van der Waals surface area contributed by atoms with Gasteiger partial charge in [0.15, 0.2) is 0 Å². The number of amides is 4. The zero-order valence-electron chi connectivity index (χ0n) is 20.3. The maximum absolute atomic E-state index is 13.8.